The third-order valence-electron chi connectivity index (χ3n) is 8.15. The van der Waals surface area contributed by atoms with Crippen LogP contribution in [0.25, 0.3) is 88.0 Å². The standard InChI is InChI=1S/C40H24N4OS/c1-4-13-25(14-5-1)37-42-38(26-15-6-2-7-16-26)44-39(43-37)29-20-12-19-28(23-29)34-35-30-21-10-11-22-32(30)46-33(35)24-31-36(34)41-40(45-31)27-17-8-3-9-18-27/h1-24H. The van der Waals surface area contributed by atoms with Crippen LogP contribution in [0.2, 0.25) is 0 Å². The van der Waals surface area contributed by atoms with E-state index in [0.29, 0.717) is 23.4 Å². The van der Waals surface area contributed by atoms with E-state index < -0.39 is 0 Å². The molecule has 6 aromatic carbocycles. The van der Waals surface area contributed by atoms with Gasteiger partial charge in [0.1, 0.15) is 5.52 Å². The highest BCUT2D eigenvalue weighted by molar-refractivity contribution is 7.26. The first kappa shape index (κ1) is 26.4. The van der Waals surface area contributed by atoms with Crippen molar-refractivity contribution in [1.82, 2.24) is 19.9 Å². The Morgan fingerprint density at radius 3 is 1.65 bits per heavy atom. The van der Waals surface area contributed by atoms with Crippen LogP contribution in [-0.2, 0) is 0 Å². The van der Waals surface area contributed by atoms with Gasteiger partial charge in [0.2, 0.25) is 5.89 Å². The molecule has 6 heteroatoms. The fourth-order valence-electron chi connectivity index (χ4n) is 6.01. The molecule has 3 heterocycles. The molecule has 0 aliphatic heterocycles. The minimum Gasteiger partial charge on any atom is -0.436 e. The fourth-order valence-corrected chi connectivity index (χ4v) is 7.15. The van der Waals surface area contributed by atoms with Crippen molar-refractivity contribution < 1.29 is 4.42 Å². The zero-order valence-electron chi connectivity index (χ0n) is 24.5. The van der Waals surface area contributed by atoms with Crippen LogP contribution >= 0.6 is 11.3 Å². The summed E-state index contributed by atoms with van der Waals surface area (Å²) in [6, 6.07) is 49.3. The number of nitrogens with zero attached hydrogens (tertiary/aromatic N) is 4. The van der Waals surface area contributed by atoms with Gasteiger partial charge >= 0.3 is 0 Å². The molecular formula is C40H24N4OS. The molecule has 0 unspecified atom stereocenters. The maximum Gasteiger partial charge on any atom is 0.227 e. The predicted molar refractivity (Wildman–Crippen MR) is 187 cm³/mol. The van der Waals surface area contributed by atoms with Crippen molar-refractivity contribution in [3.05, 3.63) is 146 Å². The summed E-state index contributed by atoms with van der Waals surface area (Å²) in [6.07, 6.45) is 0. The Kier molecular flexibility index (Phi) is 6.25. The Bertz CT molecular complexity index is 2470. The van der Waals surface area contributed by atoms with Crippen molar-refractivity contribution in [2.45, 2.75) is 0 Å². The highest BCUT2D eigenvalue weighted by atomic mass is 32.1. The van der Waals surface area contributed by atoms with Crippen LogP contribution in [0, 0.1) is 0 Å². The van der Waals surface area contributed by atoms with Gasteiger partial charge in [-0.3, -0.25) is 0 Å². The third kappa shape index (κ3) is 4.55. The maximum absolute atomic E-state index is 6.43. The van der Waals surface area contributed by atoms with Crippen LogP contribution in [0.4, 0.5) is 0 Å². The number of fused-ring (bicyclic) bond motifs is 4. The number of rotatable bonds is 5. The third-order valence-corrected chi connectivity index (χ3v) is 9.27. The molecule has 3 aromatic heterocycles. The van der Waals surface area contributed by atoms with Gasteiger partial charge in [0, 0.05) is 54.1 Å². The molecule has 46 heavy (non-hydrogen) atoms. The van der Waals surface area contributed by atoms with Crippen molar-refractivity contribution in [3.63, 3.8) is 0 Å². The molecule has 9 rings (SSSR count). The van der Waals surface area contributed by atoms with E-state index in [2.05, 4.69) is 54.6 Å². The topological polar surface area (TPSA) is 64.7 Å². The molecule has 0 radical (unpaired) electrons. The van der Waals surface area contributed by atoms with E-state index >= 15 is 0 Å². The zero-order chi connectivity index (χ0) is 30.5. The normalized spacial score (nSPS) is 11.5. The summed E-state index contributed by atoms with van der Waals surface area (Å²) in [4.78, 5) is 20.0. The Balaban J connectivity index is 1.29. The van der Waals surface area contributed by atoms with Crippen LogP contribution < -0.4 is 0 Å². The SMILES string of the molecule is c1ccc(-c2nc(-c3ccccc3)nc(-c3cccc(-c4c5nc(-c6ccccc6)oc5cc5sc6ccccc6c45)c3)n2)cc1. The fraction of sp³-hybridized carbons (Fsp3) is 0. The first-order chi connectivity index (χ1) is 22.8. The van der Waals surface area contributed by atoms with E-state index in [1.54, 1.807) is 11.3 Å². The molecule has 5 nitrogen and oxygen atoms in total. The lowest BCUT2D eigenvalue weighted by molar-refractivity contribution is 0.620. The smallest absolute Gasteiger partial charge is 0.227 e. The zero-order valence-corrected chi connectivity index (χ0v) is 25.3. The van der Waals surface area contributed by atoms with E-state index in [1.807, 2.05) is 91.0 Å². The van der Waals surface area contributed by atoms with E-state index in [9.17, 15) is 0 Å². The summed E-state index contributed by atoms with van der Waals surface area (Å²) in [7, 11) is 0. The first-order valence-corrected chi connectivity index (χ1v) is 15.9. The van der Waals surface area contributed by atoms with Gasteiger partial charge < -0.3 is 4.42 Å². The maximum atomic E-state index is 6.43. The lowest BCUT2D eigenvalue weighted by atomic mass is 9.96. The van der Waals surface area contributed by atoms with Gasteiger partial charge in [-0.15, -0.1) is 11.3 Å². The lowest BCUT2D eigenvalue weighted by Gasteiger charge is -2.10. The second kappa shape index (κ2) is 10.9. The molecule has 0 saturated carbocycles. The van der Waals surface area contributed by atoms with Gasteiger partial charge in [-0.05, 0) is 29.8 Å². The van der Waals surface area contributed by atoms with E-state index in [1.165, 1.54) is 15.5 Å². The predicted octanol–water partition coefficient (Wildman–Crippen LogP) is 10.7. The average Bonchev–Trinajstić information content (AvgIpc) is 3.73. The quantitative estimate of drug-likeness (QED) is 0.194. The number of hydrogen-bond acceptors (Lipinski definition) is 6. The largest absolute Gasteiger partial charge is 0.436 e. The summed E-state index contributed by atoms with van der Waals surface area (Å²) in [5, 5.41) is 2.37. The van der Waals surface area contributed by atoms with Gasteiger partial charge in [-0.25, -0.2) is 19.9 Å². The molecule has 0 aliphatic carbocycles. The summed E-state index contributed by atoms with van der Waals surface area (Å²) in [6.45, 7) is 0. The number of benzene rings is 6. The highest BCUT2D eigenvalue weighted by Crippen LogP contribution is 2.45. The van der Waals surface area contributed by atoms with E-state index in [4.69, 9.17) is 24.4 Å². The average molecular weight is 609 g/mol. The monoisotopic (exact) mass is 608 g/mol. The van der Waals surface area contributed by atoms with Crippen LogP contribution in [0.1, 0.15) is 0 Å². The van der Waals surface area contributed by atoms with E-state index in [0.717, 1.165) is 49.2 Å². The first-order valence-electron chi connectivity index (χ1n) is 15.1. The summed E-state index contributed by atoms with van der Waals surface area (Å²) >= 11 is 1.77. The van der Waals surface area contributed by atoms with Gasteiger partial charge in [0.25, 0.3) is 0 Å². The van der Waals surface area contributed by atoms with Gasteiger partial charge in [-0.2, -0.15) is 0 Å². The Morgan fingerprint density at radius 1 is 0.435 bits per heavy atom. The molecule has 0 spiro atoms. The summed E-state index contributed by atoms with van der Waals surface area (Å²) in [5.74, 6) is 2.48. The molecule has 0 amide bonds. The molecular weight excluding hydrogens is 585 g/mol. The van der Waals surface area contributed by atoms with Crippen LogP contribution in [0.15, 0.2) is 150 Å². The number of oxazole rings is 1. The van der Waals surface area contributed by atoms with Crippen LogP contribution in [0.5, 0.6) is 0 Å². The molecule has 9 aromatic rings. The molecule has 0 fully saturated rings. The highest BCUT2D eigenvalue weighted by Gasteiger charge is 2.21. The van der Waals surface area contributed by atoms with Crippen molar-refractivity contribution in [1.29, 1.82) is 0 Å². The lowest BCUT2D eigenvalue weighted by Crippen LogP contribution is -2.00. The molecule has 0 bridgehead atoms. The van der Waals surface area contributed by atoms with Crippen molar-refractivity contribution in [2.24, 2.45) is 0 Å². The van der Waals surface area contributed by atoms with Crippen LogP contribution in [0.3, 0.4) is 0 Å². The molecule has 0 aliphatic rings. The number of hydrogen-bond donors (Lipinski definition) is 0. The number of aromatic nitrogens is 4. The van der Waals surface area contributed by atoms with Gasteiger partial charge in [-0.1, -0.05) is 115 Å². The van der Waals surface area contributed by atoms with Crippen molar-refractivity contribution >= 4 is 42.6 Å². The Labute approximate surface area is 268 Å². The van der Waals surface area contributed by atoms with Gasteiger partial charge in [0.05, 0.1) is 0 Å². The second-order valence-corrected chi connectivity index (χ2v) is 12.2. The molecule has 0 N–H and O–H groups in total. The number of thiophene rings is 1. The Hall–Kier alpha value is -5.98. The minimum atomic E-state index is 0.604. The van der Waals surface area contributed by atoms with Crippen molar-refractivity contribution in [3.8, 4) is 56.7 Å². The summed E-state index contributed by atoms with van der Waals surface area (Å²) in [5.41, 5.74) is 7.36. The van der Waals surface area contributed by atoms with E-state index in [-0.39, 0.29) is 0 Å². The Morgan fingerprint density at radius 2 is 0.978 bits per heavy atom. The minimum absolute atomic E-state index is 0.604. The molecule has 0 atom stereocenters. The van der Waals surface area contributed by atoms with Crippen molar-refractivity contribution in [2.75, 3.05) is 0 Å². The van der Waals surface area contributed by atoms with Crippen LogP contribution in [-0.4, -0.2) is 19.9 Å². The molecule has 0 saturated heterocycles. The van der Waals surface area contributed by atoms with Gasteiger partial charge in [0.15, 0.2) is 23.1 Å². The summed E-state index contributed by atoms with van der Waals surface area (Å²) < 4.78 is 8.81. The second-order valence-electron chi connectivity index (χ2n) is 11.1. The molecule has 216 valence electrons.